The molecule has 1 aromatic heterocycles. The molecule has 90 valence electrons. The second kappa shape index (κ2) is 6.01. The number of nitrogens with one attached hydrogen (secondary N) is 1. The van der Waals surface area contributed by atoms with E-state index in [2.05, 4.69) is 21.7 Å². The molecule has 1 heterocycles. The van der Waals surface area contributed by atoms with Crippen LogP contribution in [0.3, 0.4) is 0 Å². The molecule has 0 radical (unpaired) electrons. The Labute approximate surface area is 101 Å². The van der Waals surface area contributed by atoms with Gasteiger partial charge in [0.1, 0.15) is 0 Å². The van der Waals surface area contributed by atoms with Crippen molar-refractivity contribution < 1.29 is 4.79 Å². The summed E-state index contributed by atoms with van der Waals surface area (Å²) in [7, 11) is 4.07. The third-order valence-corrected chi connectivity index (χ3v) is 3.46. The third kappa shape index (κ3) is 3.61. The highest BCUT2D eigenvalue weighted by Gasteiger charge is 2.16. The van der Waals surface area contributed by atoms with Crippen LogP contribution in [0, 0.1) is 5.92 Å². The molecular weight excluding hydrogens is 220 g/mol. The highest BCUT2D eigenvalue weighted by atomic mass is 32.1. The van der Waals surface area contributed by atoms with Crippen molar-refractivity contribution in [2.45, 2.75) is 19.9 Å². The molecule has 4 heteroatoms. The van der Waals surface area contributed by atoms with Gasteiger partial charge in [0, 0.05) is 17.3 Å². The number of amides is 1. The van der Waals surface area contributed by atoms with E-state index in [1.807, 2.05) is 34.0 Å². The summed E-state index contributed by atoms with van der Waals surface area (Å²) in [4.78, 5) is 14.9. The molecule has 0 fully saturated rings. The maximum absolute atomic E-state index is 11.5. The van der Waals surface area contributed by atoms with E-state index in [1.54, 1.807) is 11.3 Å². The van der Waals surface area contributed by atoms with E-state index in [4.69, 9.17) is 0 Å². The lowest BCUT2D eigenvalue weighted by Gasteiger charge is -2.24. The molecule has 3 nitrogen and oxygen atoms in total. The van der Waals surface area contributed by atoms with Gasteiger partial charge in [-0.1, -0.05) is 19.9 Å². The lowest BCUT2D eigenvalue weighted by molar-refractivity contribution is -0.124. The standard InChI is InChI=1S/C12H20N2OS/c1-9(2)12(15)13-8-10(14(3)4)11-6-5-7-16-11/h5-7,9-10H,8H2,1-4H3,(H,13,15)/t10-/m1/s1. The number of hydrogen-bond donors (Lipinski definition) is 1. The molecule has 0 aliphatic heterocycles. The van der Waals surface area contributed by atoms with Crippen molar-refractivity contribution in [1.29, 1.82) is 0 Å². The van der Waals surface area contributed by atoms with Crippen LogP contribution in [0.2, 0.25) is 0 Å². The zero-order valence-corrected chi connectivity index (χ0v) is 11.2. The molecule has 0 saturated carbocycles. The van der Waals surface area contributed by atoms with Crippen molar-refractivity contribution in [3.05, 3.63) is 22.4 Å². The summed E-state index contributed by atoms with van der Waals surface area (Å²) in [5.74, 6) is 0.162. The SMILES string of the molecule is CC(C)C(=O)NC[C@H](c1cccs1)N(C)C. The van der Waals surface area contributed by atoms with Crippen LogP contribution in [0.5, 0.6) is 0 Å². The minimum absolute atomic E-state index is 0.0474. The molecular formula is C12H20N2OS. The van der Waals surface area contributed by atoms with Gasteiger partial charge in [-0.3, -0.25) is 4.79 Å². The summed E-state index contributed by atoms with van der Waals surface area (Å²) in [6.45, 7) is 4.49. The Bertz CT molecular complexity index is 320. The Kier molecular flexibility index (Phi) is 4.96. The number of thiophene rings is 1. The van der Waals surface area contributed by atoms with Gasteiger partial charge in [0.2, 0.25) is 5.91 Å². The van der Waals surface area contributed by atoms with Gasteiger partial charge in [-0.05, 0) is 25.5 Å². The molecule has 0 aromatic carbocycles. The van der Waals surface area contributed by atoms with Crippen LogP contribution >= 0.6 is 11.3 Å². The van der Waals surface area contributed by atoms with E-state index < -0.39 is 0 Å². The minimum Gasteiger partial charge on any atom is -0.354 e. The van der Waals surface area contributed by atoms with Crippen molar-refractivity contribution in [3.8, 4) is 0 Å². The fourth-order valence-electron chi connectivity index (χ4n) is 1.42. The normalized spacial score (nSPS) is 13.1. The quantitative estimate of drug-likeness (QED) is 0.855. The van der Waals surface area contributed by atoms with Gasteiger partial charge in [0.15, 0.2) is 0 Å². The maximum Gasteiger partial charge on any atom is 0.222 e. The van der Waals surface area contributed by atoms with Crippen LogP contribution in [0.1, 0.15) is 24.8 Å². The van der Waals surface area contributed by atoms with Crippen LogP contribution in [0.4, 0.5) is 0 Å². The average Bonchev–Trinajstić information content (AvgIpc) is 2.70. The zero-order chi connectivity index (χ0) is 12.1. The Hall–Kier alpha value is -0.870. The smallest absolute Gasteiger partial charge is 0.222 e. The summed E-state index contributed by atoms with van der Waals surface area (Å²) in [6, 6.07) is 4.42. The summed E-state index contributed by atoms with van der Waals surface area (Å²) in [5.41, 5.74) is 0. The summed E-state index contributed by atoms with van der Waals surface area (Å²) < 4.78 is 0. The predicted molar refractivity (Wildman–Crippen MR) is 68.6 cm³/mol. The Morgan fingerprint density at radius 1 is 1.50 bits per heavy atom. The molecule has 0 saturated heterocycles. The first-order chi connectivity index (χ1) is 7.52. The van der Waals surface area contributed by atoms with Gasteiger partial charge in [0.25, 0.3) is 0 Å². The lowest BCUT2D eigenvalue weighted by Crippen LogP contribution is -2.36. The topological polar surface area (TPSA) is 32.3 Å². The second-order valence-corrected chi connectivity index (χ2v) is 5.37. The molecule has 1 aromatic rings. The van der Waals surface area contributed by atoms with E-state index in [0.29, 0.717) is 6.54 Å². The first kappa shape index (κ1) is 13.2. The maximum atomic E-state index is 11.5. The number of rotatable bonds is 5. The van der Waals surface area contributed by atoms with Gasteiger partial charge in [-0.15, -0.1) is 11.3 Å². The van der Waals surface area contributed by atoms with E-state index >= 15 is 0 Å². The third-order valence-electron chi connectivity index (χ3n) is 2.49. The van der Waals surface area contributed by atoms with Crippen LogP contribution < -0.4 is 5.32 Å². The lowest BCUT2D eigenvalue weighted by atomic mass is 10.2. The minimum atomic E-state index is 0.0474. The van der Waals surface area contributed by atoms with Gasteiger partial charge < -0.3 is 10.2 Å². The Morgan fingerprint density at radius 2 is 2.19 bits per heavy atom. The molecule has 0 spiro atoms. The molecule has 16 heavy (non-hydrogen) atoms. The highest BCUT2D eigenvalue weighted by molar-refractivity contribution is 7.10. The van der Waals surface area contributed by atoms with Crippen molar-refractivity contribution in [2.24, 2.45) is 5.92 Å². The van der Waals surface area contributed by atoms with E-state index in [-0.39, 0.29) is 17.9 Å². The van der Waals surface area contributed by atoms with E-state index in [1.165, 1.54) is 4.88 Å². The predicted octanol–water partition coefficient (Wildman–Crippen LogP) is 2.12. The molecule has 0 unspecified atom stereocenters. The number of likely N-dealkylation sites (N-methyl/N-ethyl adjacent to an activating group) is 1. The van der Waals surface area contributed by atoms with Crippen LogP contribution in [-0.4, -0.2) is 31.4 Å². The first-order valence-corrected chi connectivity index (χ1v) is 6.38. The van der Waals surface area contributed by atoms with Crippen molar-refractivity contribution >= 4 is 17.2 Å². The van der Waals surface area contributed by atoms with Gasteiger partial charge in [0.05, 0.1) is 6.04 Å². The molecule has 1 rings (SSSR count). The largest absolute Gasteiger partial charge is 0.354 e. The zero-order valence-electron chi connectivity index (χ0n) is 10.4. The van der Waals surface area contributed by atoms with Gasteiger partial charge in [-0.2, -0.15) is 0 Å². The molecule has 0 bridgehead atoms. The van der Waals surface area contributed by atoms with E-state index in [9.17, 15) is 4.79 Å². The van der Waals surface area contributed by atoms with Crippen LogP contribution in [0.25, 0.3) is 0 Å². The van der Waals surface area contributed by atoms with Crippen molar-refractivity contribution in [3.63, 3.8) is 0 Å². The molecule has 0 aliphatic rings. The summed E-state index contributed by atoms with van der Waals surface area (Å²) in [6.07, 6.45) is 0. The van der Waals surface area contributed by atoms with Crippen LogP contribution in [0.15, 0.2) is 17.5 Å². The fourth-order valence-corrected chi connectivity index (χ4v) is 2.34. The number of carbonyl (C=O) groups is 1. The molecule has 1 N–H and O–H groups in total. The number of hydrogen-bond acceptors (Lipinski definition) is 3. The monoisotopic (exact) mass is 240 g/mol. The van der Waals surface area contributed by atoms with Crippen LogP contribution in [-0.2, 0) is 4.79 Å². The first-order valence-electron chi connectivity index (χ1n) is 5.50. The van der Waals surface area contributed by atoms with E-state index in [0.717, 1.165) is 0 Å². The average molecular weight is 240 g/mol. The Morgan fingerprint density at radius 3 is 2.62 bits per heavy atom. The molecule has 1 atom stereocenters. The highest BCUT2D eigenvalue weighted by Crippen LogP contribution is 2.22. The fraction of sp³-hybridized carbons (Fsp3) is 0.583. The van der Waals surface area contributed by atoms with Gasteiger partial charge >= 0.3 is 0 Å². The Balaban J connectivity index is 2.57. The number of nitrogens with zero attached hydrogens (tertiary/aromatic N) is 1. The molecule has 0 aliphatic carbocycles. The molecule has 1 amide bonds. The van der Waals surface area contributed by atoms with Crippen molar-refractivity contribution in [1.82, 2.24) is 10.2 Å². The van der Waals surface area contributed by atoms with Gasteiger partial charge in [-0.25, -0.2) is 0 Å². The number of carbonyl (C=O) groups excluding carboxylic acids is 1. The van der Waals surface area contributed by atoms with Crippen molar-refractivity contribution in [2.75, 3.05) is 20.6 Å². The summed E-state index contributed by atoms with van der Waals surface area (Å²) >= 11 is 1.73. The summed E-state index contributed by atoms with van der Waals surface area (Å²) in [5, 5.41) is 5.04. The second-order valence-electron chi connectivity index (χ2n) is 4.39.